The fraction of sp³-hybridized carbons (Fsp3) is 0.640. The van der Waals surface area contributed by atoms with E-state index in [0.29, 0.717) is 32.1 Å². The number of allylic oxidation sites excluding steroid dienone is 28. The smallest absolute Gasteiger partial charge is 0.462 e. The standard InChI is InChI=1S/C89H146O17P2/c1-5-9-13-17-21-25-29-32-35-38-41-44-47-50-54-57-61-65-69-73-86(91)99-79-84(105-88(93)75-71-67-63-59-53-28-24-20-16-12-8-4)81-103-107(95,96)101-77-83(90)78-102-108(97,98)104-82-85(106-89(94)76-72-68-64-60-56-52-49-46-43-40-37-34-31-27-23-19-15-11-7-3)80-100-87(92)74-70-66-62-58-55-51-48-45-42-39-36-33-30-26-22-18-14-10-6-2/h9-10,13-14,20-27,32-37,41-46,50,54,61,65,83-85,90H,5-8,11-12,15-19,28-31,38-40,47-49,51-53,55-60,62-64,66-82H2,1-4H3,(H,95,96)(H,97,98)/b13-9-,14-10-,24-20-,25-21-,26-22-,27-23-,35-32-,36-33-,37-34-,44-41-,45-42-,46-43-,54-50-,65-61-. The average molecular weight is 1550 g/mol. The highest BCUT2D eigenvalue weighted by molar-refractivity contribution is 7.47. The molecule has 17 nitrogen and oxygen atoms in total. The number of phosphoric ester groups is 2. The number of aliphatic hydroxyl groups excluding tert-OH is 1. The van der Waals surface area contributed by atoms with E-state index >= 15 is 0 Å². The Morgan fingerprint density at radius 3 is 0.833 bits per heavy atom. The van der Waals surface area contributed by atoms with Crippen LogP contribution in [0.15, 0.2) is 170 Å². The molecule has 0 aromatic carbocycles. The number of carbonyl (C=O) groups excluding carboxylic acids is 4. The van der Waals surface area contributed by atoms with Crippen LogP contribution in [0.3, 0.4) is 0 Å². The van der Waals surface area contributed by atoms with Gasteiger partial charge in [-0.05, 0) is 161 Å². The molecule has 0 fully saturated rings. The van der Waals surface area contributed by atoms with Gasteiger partial charge in [0, 0.05) is 25.7 Å². The molecule has 0 heterocycles. The topological polar surface area (TPSA) is 237 Å². The third-order valence-electron chi connectivity index (χ3n) is 16.7. The van der Waals surface area contributed by atoms with Crippen molar-refractivity contribution in [3.8, 4) is 0 Å². The number of carbonyl (C=O) groups is 4. The molecular weight excluding hydrogens is 1400 g/mol. The molecule has 0 aromatic rings. The summed E-state index contributed by atoms with van der Waals surface area (Å²) in [5, 5.41) is 10.7. The van der Waals surface area contributed by atoms with Gasteiger partial charge < -0.3 is 33.8 Å². The molecule has 614 valence electrons. The highest BCUT2D eigenvalue weighted by atomic mass is 31.2. The lowest BCUT2D eigenvalue weighted by Gasteiger charge is -2.21. The van der Waals surface area contributed by atoms with E-state index in [1.54, 1.807) is 0 Å². The van der Waals surface area contributed by atoms with Crippen LogP contribution in [0.4, 0.5) is 0 Å². The van der Waals surface area contributed by atoms with E-state index in [9.17, 15) is 43.2 Å². The summed E-state index contributed by atoms with van der Waals surface area (Å²) >= 11 is 0. The summed E-state index contributed by atoms with van der Waals surface area (Å²) in [6.45, 7) is 4.45. The molecule has 108 heavy (non-hydrogen) atoms. The minimum Gasteiger partial charge on any atom is -0.462 e. The molecule has 0 bridgehead atoms. The van der Waals surface area contributed by atoms with Crippen molar-refractivity contribution >= 4 is 39.5 Å². The van der Waals surface area contributed by atoms with E-state index in [4.69, 9.17) is 37.0 Å². The van der Waals surface area contributed by atoms with Gasteiger partial charge in [0.25, 0.3) is 0 Å². The Morgan fingerprint density at radius 1 is 0.269 bits per heavy atom. The third kappa shape index (κ3) is 78.5. The fourth-order valence-corrected chi connectivity index (χ4v) is 12.0. The number of ether oxygens (including phenoxy) is 4. The lowest BCUT2D eigenvalue weighted by molar-refractivity contribution is -0.161. The van der Waals surface area contributed by atoms with Gasteiger partial charge in [-0.2, -0.15) is 0 Å². The maximum absolute atomic E-state index is 13.1. The maximum atomic E-state index is 13.1. The zero-order chi connectivity index (χ0) is 78.9. The number of unbranched alkanes of at least 4 members (excludes halogenated alkanes) is 22. The quantitative estimate of drug-likeness (QED) is 0.0169. The van der Waals surface area contributed by atoms with Crippen molar-refractivity contribution < 1.29 is 80.2 Å². The summed E-state index contributed by atoms with van der Waals surface area (Å²) in [6, 6.07) is 0. The number of phosphoric acid groups is 2. The van der Waals surface area contributed by atoms with Crippen LogP contribution < -0.4 is 0 Å². The van der Waals surface area contributed by atoms with E-state index < -0.39 is 97.5 Å². The zero-order valence-electron chi connectivity index (χ0n) is 67.2. The predicted molar refractivity (Wildman–Crippen MR) is 445 cm³/mol. The first-order chi connectivity index (χ1) is 52.7. The van der Waals surface area contributed by atoms with Crippen LogP contribution in [-0.4, -0.2) is 96.7 Å². The van der Waals surface area contributed by atoms with Crippen molar-refractivity contribution in [2.45, 2.75) is 329 Å². The molecular formula is C89H146O17P2. The molecule has 0 rings (SSSR count). The van der Waals surface area contributed by atoms with E-state index in [1.807, 2.05) is 18.2 Å². The Labute approximate surface area is 654 Å². The minimum absolute atomic E-state index is 0.0295. The summed E-state index contributed by atoms with van der Waals surface area (Å²) in [5.41, 5.74) is 0. The summed E-state index contributed by atoms with van der Waals surface area (Å²) in [7, 11) is -10.0. The van der Waals surface area contributed by atoms with Crippen LogP contribution in [0.2, 0.25) is 0 Å². The van der Waals surface area contributed by atoms with Gasteiger partial charge in [0.1, 0.15) is 19.3 Å². The van der Waals surface area contributed by atoms with Gasteiger partial charge in [0.15, 0.2) is 12.2 Å². The van der Waals surface area contributed by atoms with Gasteiger partial charge in [-0.3, -0.25) is 37.3 Å². The van der Waals surface area contributed by atoms with Crippen molar-refractivity contribution in [1.82, 2.24) is 0 Å². The molecule has 19 heteroatoms. The van der Waals surface area contributed by atoms with Crippen molar-refractivity contribution in [3.63, 3.8) is 0 Å². The van der Waals surface area contributed by atoms with E-state index in [0.717, 1.165) is 199 Å². The molecule has 0 aromatic heterocycles. The van der Waals surface area contributed by atoms with E-state index in [1.165, 1.54) is 25.7 Å². The summed E-state index contributed by atoms with van der Waals surface area (Å²) in [5.74, 6) is -2.32. The van der Waals surface area contributed by atoms with Crippen molar-refractivity contribution in [2.75, 3.05) is 39.6 Å². The molecule has 3 N–H and O–H groups in total. The lowest BCUT2D eigenvalue weighted by Crippen LogP contribution is -2.30. The first-order valence-corrected chi connectivity index (χ1v) is 44.4. The Balaban J connectivity index is 5.43. The van der Waals surface area contributed by atoms with Gasteiger partial charge in [0.2, 0.25) is 0 Å². The second-order valence-corrected chi connectivity index (χ2v) is 29.8. The highest BCUT2D eigenvalue weighted by Crippen LogP contribution is 2.45. The first kappa shape index (κ1) is 102. The zero-order valence-corrected chi connectivity index (χ0v) is 69.0. The molecule has 0 saturated heterocycles. The maximum Gasteiger partial charge on any atom is 0.472 e. The molecule has 5 atom stereocenters. The molecule has 5 unspecified atom stereocenters. The Kier molecular flexibility index (Phi) is 75.4. The summed E-state index contributed by atoms with van der Waals surface area (Å²) in [6.07, 6.45) is 94.8. The number of rotatable bonds is 76. The highest BCUT2D eigenvalue weighted by Gasteiger charge is 2.30. The van der Waals surface area contributed by atoms with Gasteiger partial charge in [-0.15, -0.1) is 0 Å². The van der Waals surface area contributed by atoms with Crippen LogP contribution in [0.1, 0.15) is 310 Å². The van der Waals surface area contributed by atoms with Crippen molar-refractivity contribution in [3.05, 3.63) is 170 Å². The number of aliphatic hydroxyl groups is 1. The van der Waals surface area contributed by atoms with Crippen LogP contribution in [0.25, 0.3) is 0 Å². The van der Waals surface area contributed by atoms with Crippen molar-refractivity contribution in [1.29, 1.82) is 0 Å². The number of esters is 4. The van der Waals surface area contributed by atoms with Crippen LogP contribution >= 0.6 is 15.6 Å². The molecule has 0 aliphatic rings. The average Bonchev–Trinajstić information content (AvgIpc) is 0.899. The first-order valence-electron chi connectivity index (χ1n) is 41.4. The molecule has 0 aliphatic carbocycles. The molecule has 0 saturated carbocycles. The SMILES string of the molecule is CC/C=C\C/C=C\C/C=C\C/C=C\C/C=C\C/C=C\CCC(=O)OCC(COP(=O)(O)OCC(O)COP(=O)(O)OCC(COC(=O)CCCCCCCC/C=C\C/C=C\C/C=C\C/C=C\CC)OC(=O)CCCCCCCC/C=C\C/C=C\C/C=C\CCCCC)OC(=O)CCCCCCC/C=C\CCCC. The summed E-state index contributed by atoms with van der Waals surface area (Å²) < 4.78 is 68.6. The van der Waals surface area contributed by atoms with Crippen LogP contribution in [0.5, 0.6) is 0 Å². The summed E-state index contributed by atoms with van der Waals surface area (Å²) in [4.78, 5) is 73.1. The van der Waals surface area contributed by atoms with Crippen molar-refractivity contribution in [2.24, 2.45) is 0 Å². The van der Waals surface area contributed by atoms with E-state index in [-0.39, 0.29) is 25.7 Å². The number of hydrogen-bond acceptors (Lipinski definition) is 15. The monoisotopic (exact) mass is 1550 g/mol. The normalized spacial score (nSPS) is 14.7. The third-order valence-corrected chi connectivity index (χ3v) is 18.6. The second-order valence-electron chi connectivity index (χ2n) is 26.9. The van der Waals surface area contributed by atoms with Crippen LogP contribution in [0, 0.1) is 0 Å². The van der Waals surface area contributed by atoms with E-state index in [2.05, 4.69) is 180 Å². The Bertz CT molecular complexity index is 2710. The Hall–Kier alpha value is -5.58. The van der Waals surface area contributed by atoms with Gasteiger partial charge >= 0.3 is 39.5 Å². The molecule has 0 aliphatic heterocycles. The number of hydrogen-bond donors (Lipinski definition) is 3. The lowest BCUT2D eigenvalue weighted by atomic mass is 10.1. The predicted octanol–water partition coefficient (Wildman–Crippen LogP) is 24.6. The second kappa shape index (κ2) is 79.5. The minimum atomic E-state index is -5.00. The fourth-order valence-electron chi connectivity index (χ4n) is 10.4. The van der Waals surface area contributed by atoms with Gasteiger partial charge in [0.05, 0.1) is 26.4 Å². The molecule has 0 spiro atoms. The van der Waals surface area contributed by atoms with Crippen LogP contribution in [-0.2, 0) is 65.4 Å². The molecule has 0 amide bonds. The van der Waals surface area contributed by atoms with Gasteiger partial charge in [-0.1, -0.05) is 294 Å². The Morgan fingerprint density at radius 2 is 0.509 bits per heavy atom. The largest absolute Gasteiger partial charge is 0.472 e. The van der Waals surface area contributed by atoms with Gasteiger partial charge in [-0.25, -0.2) is 9.13 Å². The molecule has 0 radical (unpaired) electrons.